The fourth-order valence-electron chi connectivity index (χ4n) is 6.07. The molecule has 0 amide bonds. The number of nitrogens with zero attached hydrogens (tertiary/aromatic N) is 1. The first kappa shape index (κ1) is 26.8. The molecule has 1 aliphatic rings. The van der Waals surface area contributed by atoms with Gasteiger partial charge in [0, 0.05) is 43.8 Å². The first-order valence-corrected chi connectivity index (χ1v) is 14.6. The van der Waals surface area contributed by atoms with E-state index in [0.29, 0.717) is 28.5 Å². The molecule has 0 N–H and O–H groups in total. The Hall–Kier alpha value is -1.42. The van der Waals surface area contributed by atoms with Crippen LogP contribution in [-0.2, 0) is 4.43 Å². The summed E-state index contributed by atoms with van der Waals surface area (Å²) in [5.41, 5.74) is 4.40. The number of hydrogen-bond acceptors (Lipinski definition) is 3. The molecule has 1 aromatic carbocycles. The Morgan fingerprint density at radius 3 is 1.97 bits per heavy atom. The summed E-state index contributed by atoms with van der Waals surface area (Å²) >= 11 is 0. The maximum Gasteiger partial charge on any atom is 0.258 e. The Morgan fingerprint density at radius 1 is 0.969 bits per heavy atom. The molecule has 2 atom stereocenters. The summed E-state index contributed by atoms with van der Waals surface area (Å²) in [6.45, 7) is 21.3. The molecule has 32 heavy (non-hydrogen) atoms. The van der Waals surface area contributed by atoms with Crippen molar-refractivity contribution in [1.82, 2.24) is 0 Å². The van der Waals surface area contributed by atoms with Gasteiger partial charge in [0.1, 0.15) is 5.75 Å². The zero-order valence-corrected chi connectivity index (χ0v) is 23.9. The third kappa shape index (κ3) is 5.38. The average molecular weight is 460 g/mol. The molecule has 0 unspecified atom stereocenters. The van der Waals surface area contributed by atoms with Crippen LogP contribution in [0.15, 0.2) is 30.0 Å². The number of benzene rings is 1. The zero-order valence-electron chi connectivity index (χ0n) is 22.9. The number of anilines is 1. The van der Waals surface area contributed by atoms with E-state index in [0.717, 1.165) is 18.6 Å². The minimum atomic E-state index is -1.97. The van der Waals surface area contributed by atoms with Gasteiger partial charge in [-0.3, -0.25) is 0 Å². The van der Waals surface area contributed by atoms with Gasteiger partial charge in [-0.1, -0.05) is 68.4 Å². The first-order valence-electron chi connectivity index (χ1n) is 12.5. The summed E-state index contributed by atoms with van der Waals surface area (Å²) in [5.74, 6) is 3.04. The second-order valence-electron chi connectivity index (χ2n) is 11.9. The maximum atomic E-state index is 7.16. The molecule has 0 bridgehead atoms. The summed E-state index contributed by atoms with van der Waals surface area (Å²) in [6.07, 6.45) is 4.65. The Bertz CT molecular complexity index is 767. The molecule has 0 spiro atoms. The van der Waals surface area contributed by atoms with Gasteiger partial charge in [0.15, 0.2) is 0 Å². The molecule has 0 fully saturated rings. The smallest absolute Gasteiger partial charge is 0.258 e. The van der Waals surface area contributed by atoms with E-state index < -0.39 is 8.32 Å². The molecule has 0 aromatic heterocycles. The first-order chi connectivity index (χ1) is 14.7. The molecule has 0 saturated heterocycles. The highest BCUT2D eigenvalue weighted by molar-refractivity contribution is 6.77. The highest BCUT2D eigenvalue weighted by atomic mass is 28.4. The van der Waals surface area contributed by atoms with Gasteiger partial charge >= 0.3 is 0 Å². The van der Waals surface area contributed by atoms with Crippen molar-refractivity contribution in [3.8, 4) is 5.75 Å². The second kappa shape index (κ2) is 10.2. The van der Waals surface area contributed by atoms with Gasteiger partial charge in [0.05, 0.1) is 12.9 Å². The summed E-state index contributed by atoms with van der Waals surface area (Å²) < 4.78 is 13.1. The summed E-state index contributed by atoms with van der Waals surface area (Å²) in [6, 6.07) is 6.67. The van der Waals surface area contributed by atoms with Gasteiger partial charge in [-0.15, -0.1) is 0 Å². The number of rotatable bonds is 8. The number of methoxy groups -OCH3 is 1. The monoisotopic (exact) mass is 459 g/mol. The molecule has 4 heteroatoms. The van der Waals surface area contributed by atoms with E-state index in [-0.39, 0.29) is 5.41 Å². The zero-order chi connectivity index (χ0) is 24.4. The normalized spacial score (nSPS) is 20.0. The van der Waals surface area contributed by atoms with Crippen molar-refractivity contribution < 1.29 is 9.16 Å². The lowest BCUT2D eigenvalue weighted by Gasteiger charge is -2.46. The number of hydrogen-bond donors (Lipinski definition) is 0. The standard InChI is InChI=1S/C28H49NO2Si/c1-19(2)32(20(3)4,21(5)6)31-23-14-16-26(28(7,8)9)25(18-23)24-15-13-22(29(10)11)17-27(24)30-12/h13,15,17-21,25-26H,14,16H2,1-12H3/t25-,26-/m1/s1. The van der Waals surface area contributed by atoms with E-state index in [1.165, 1.54) is 17.0 Å². The Morgan fingerprint density at radius 2 is 1.53 bits per heavy atom. The molecule has 0 aliphatic heterocycles. The van der Waals surface area contributed by atoms with Crippen molar-refractivity contribution in [1.29, 1.82) is 0 Å². The molecule has 182 valence electrons. The molecular weight excluding hydrogens is 410 g/mol. The summed E-state index contributed by atoms with van der Waals surface area (Å²) in [4.78, 5) is 2.13. The maximum absolute atomic E-state index is 7.16. The predicted octanol–water partition coefficient (Wildman–Crippen LogP) is 8.38. The fraction of sp³-hybridized carbons (Fsp3) is 0.714. The van der Waals surface area contributed by atoms with E-state index >= 15 is 0 Å². The Labute approximate surface area is 199 Å². The van der Waals surface area contributed by atoms with E-state index in [9.17, 15) is 0 Å². The van der Waals surface area contributed by atoms with Crippen molar-refractivity contribution >= 4 is 14.0 Å². The van der Waals surface area contributed by atoms with Crippen LogP contribution in [0, 0.1) is 11.3 Å². The number of allylic oxidation sites excluding steroid dienone is 2. The Kier molecular flexibility index (Phi) is 8.58. The van der Waals surface area contributed by atoms with Gasteiger partial charge in [0.2, 0.25) is 0 Å². The van der Waals surface area contributed by atoms with Gasteiger partial charge in [-0.05, 0) is 46.5 Å². The van der Waals surface area contributed by atoms with Crippen LogP contribution in [0.2, 0.25) is 16.6 Å². The van der Waals surface area contributed by atoms with Crippen LogP contribution in [0.5, 0.6) is 5.75 Å². The SMILES string of the molecule is COc1cc(N(C)C)ccc1[C@H]1C=C(O[Si](C(C)C)(C(C)C)C(C)C)CC[C@H]1C(C)(C)C. The van der Waals surface area contributed by atoms with E-state index in [1.807, 2.05) is 0 Å². The van der Waals surface area contributed by atoms with Crippen molar-refractivity contribution in [2.45, 2.75) is 97.7 Å². The Balaban J connectivity index is 2.58. The summed E-state index contributed by atoms with van der Waals surface area (Å²) in [5, 5.41) is 0. The molecule has 0 radical (unpaired) electrons. The minimum Gasteiger partial charge on any atom is -0.546 e. The van der Waals surface area contributed by atoms with Crippen LogP contribution >= 0.6 is 0 Å². The van der Waals surface area contributed by atoms with Crippen molar-refractivity contribution in [3.63, 3.8) is 0 Å². The minimum absolute atomic E-state index is 0.209. The lowest BCUT2D eigenvalue weighted by Crippen LogP contribution is -2.48. The quantitative estimate of drug-likeness (QED) is 0.364. The fourth-order valence-corrected chi connectivity index (χ4v) is 11.4. The van der Waals surface area contributed by atoms with Crippen LogP contribution < -0.4 is 9.64 Å². The third-order valence-electron chi connectivity index (χ3n) is 7.72. The lowest BCUT2D eigenvalue weighted by molar-refractivity contribution is 0.180. The van der Waals surface area contributed by atoms with Crippen LogP contribution in [-0.4, -0.2) is 29.5 Å². The molecule has 3 nitrogen and oxygen atoms in total. The third-order valence-corrected chi connectivity index (χ3v) is 13.8. The van der Waals surface area contributed by atoms with Crippen molar-refractivity contribution in [2.24, 2.45) is 11.3 Å². The van der Waals surface area contributed by atoms with Gasteiger partial charge < -0.3 is 14.1 Å². The predicted molar refractivity (Wildman–Crippen MR) is 142 cm³/mol. The largest absolute Gasteiger partial charge is 0.546 e. The van der Waals surface area contributed by atoms with Crippen molar-refractivity contribution in [2.75, 3.05) is 26.1 Å². The molecular formula is C28H49NO2Si. The van der Waals surface area contributed by atoms with Gasteiger partial charge in [-0.25, -0.2) is 0 Å². The van der Waals surface area contributed by atoms with Crippen LogP contribution in [0.4, 0.5) is 5.69 Å². The average Bonchev–Trinajstić information content (AvgIpc) is 2.69. The van der Waals surface area contributed by atoms with Crippen LogP contribution in [0.1, 0.15) is 86.6 Å². The molecule has 0 heterocycles. The van der Waals surface area contributed by atoms with E-state index in [4.69, 9.17) is 9.16 Å². The van der Waals surface area contributed by atoms with Crippen LogP contribution in [0.25, 0.3) is 0 Å². The highest BCUT2D eigenvalue weighted by Gasteiger charge is 2.48. The van der Waals surface area contributed by atoms with E-state index in [1.54, 1.807) is 7.11 Å². The second-order valence-corrected chi connectivity index (χ2v) is 17.3. The molecule has 0 saturated carbocycles. The number of ether oxygens (including phenoxy) is 1. The van der Waals surface area contributed by atoms with Crippen LogP contribution in [0.3, 0.4) is 0 Å². The molecule has 2 rings (SSSR count). The molecule has 1 aliphatic carbocycles. The summed E-state index contributed by atoms with van der Waals surface area (Å²) in [7, 11) is 3.98. The van der Waals surface area contributed by atoms with Crippen molar-refractivity contribution in [3.05, 3.63) is 35.6 Å². The lowest BCUT2D eigenvalue weighted by atomic mass is 9.66. The van der Waals surface area contributed by atoms with E-state index in [2.05, 4.69) is 106 Å². The topological polar surface area (TPSA) is 21.7 Å². The molecule has 1 aromatic rings. The highest BCUT2D eigenvalue weighted by Crippen LogP contribution is 2.51. The van der Waals surface area contributed by atoms with Gasteiger partial charge in [0.25, 0.3) is 8.32 Å². The van der Waals surface area contributed by atoms with Gasteiger partial charge in [-0.2, -0.15) is 0 Å².